The molecule has 0 fully saturated rings. The predicted molar refractivity (Wildman–Crippen MR) is 73.9 cm³/mol. The Hall–Kier alpha value is -2.89. The van der Waals surface area contributed by atoms with Gasteiger partial charge in [0.2, 0.25) is 0 Å². The first-order chi connectivity index (χ1) is 9.24. The number of aromatic amines is 1. The normalized spacial score (nSPS) is 11.4. The van der Waals surface area contributed by atoms with Gasteiger partial charge in [-0.3, -0.25) is 4.98 Å². The number of nitrogens with one attached hydrogen (secondary N) is 2. The highest BCUT2D eigenvalue weighted by molar-refractivity contribution is 6.08. The summed E-state index contributed by atoms with van der Waals surface area (Å²) in [5, 5.41) is 5.87. The quantitative estimate of drug-likeness (QED) is 0.479. The fraction of sp³-hybridized carbons (Fsp3) is 0. The van der Waals surface area contributed by atoms with Crippen molar-refractivity contribution in [3.8, 4) is 0 Å². The van der Waals surface area contributed by atoms with Crippen LogP contribution < -0.4 is 11.2 Å². The third kappa shape index (κ3) is 2.11. The fourth-order valence-corrected chi connectivity index (χ4v) is 2.00. The summed E-state index contributed by atoms with van der Waals surface area (Å²) in [5.41, 5.74) is 9.71. The van der Waals surface area contributed by atoms with Crippen LogP contribution in [0.25, 0.3) is 21.8 Å². The van der Waals surface area contributed by atoms with E-state index in [1.165, 1.54) is 6.21 Å². The Bertz CT molecular complexity index is 790. The number of hydrazone groups is 1. The number of para-hydroxylation sites is 1. The molecule has 0 aliphatic rings. The van der Waals surface area contributed by atoms with Gasteiger partial charge in [-0.2, -0.15) is 5.10 Å². The van der Waals surface area contributed by atoms with Crippen molar-refractivity contribution in [2.24, 2.45) is 10.8 Å². The molecule has 0 aliphatic carbocycles. The molecule has 0 saturated carbocycles. The Kier molecular flexibility index (Phi) is 2.60. The molecule has 0 radical (unpaired) electrons. The van der Waals surface area contributed by atoms with Crippen molar-refractivity contribution in [2.75, 3.05) is 0 Å². The molecule has 6 nitrogen and oxygen atoms in total. The number of carbonyl (C=O) groups excluding carboxylic acids is 1. The van der Waals surface area contributed by atoms with Crippen LogP contribution in [0.15, 0.2) is 41.6 Å². The van der Waals surface area contributed by atoms with Gasteiger partial charge in [0.1, 0.15) is 0 Å². The largest absolute Gasteiger partial charge is 0.353 e. The van der Waals surface area contributed by atoms with E-state index in [0.717, 1.165) is 21.8 Å². The van der Waals surface area contributed by atoms with Gasteiger partial charge < -0.3 is 10.7 Å². The molecule has 94 valence electrons. The molecule has 19 heavy (non-hydrogen) atoms. The van der Waals surface area contributed by atoms with Gasteiger partial charge in [0.05, 0.1) is 23.6 Å². The topological polar surface area (TPSA) is 96.2 Å². The lowest BCUT2D eigenvalue weighted by Crippen LogP contribution is -2.24. The van der Waals surface area contributed by atoms with E-state index in [1.807, 2.05) is 30.3 Å². The van der Waals surface area contributed by atoms with Crippen LogP contribution in [-0.2, 0) is 0 Å². The van der Waals surface area contributed by atoms with E-state index in [1.54, 1.807) is 6.20 Å². The van der Waals surface area contributed by atoms with Gasteiger partial charge in [-0.1, -0.05) is 18.2 Å². The van der Waals surface area contributed by atoms with Gasteiger partial charge in [0.25, 0.3) is 0 Å². The maximum atomic E-state index is 10.5. The number of hydrogen-bond acceptors (Lipinski definition) is 3. The molecular weight excluding hydrogens is 242 g/mol. The molecular formula is C13H11N5O. The molecule has 0 saturated heterocycles. The second kappa shape index (κ2) is 4.41. The maximum Gasteiger partial charge on any atom is 0.332 e. The minimum Gasteiger partial charge on any atom is -0.353 e. The summed E-state index contributed by atoms with van der Waals surface area (Å²) in [6, 6.07) is 9.21. The number of primary amides is 1. The lowest BCUT2D eigenvalue weighted by Gasteiger charge is -1.94. The van der Waals surface area contributed by atoms with Crippen molar-refractivity contribution in [3.05, 3.63) is 42.2 Å². The van der Waals surface area contributed by atoms with Gasteiger partial charge in [0.15, 0.2) is 0 Å². The van der Waals surface area contributed by atoms with E-state index < -0.39 is 6.03 Å². The zero-order valence-corrected chi connectivity index (χ0v) is 9.92. The minimum atomic E-state index is -0.704. The van der Waals surface area contributed by atoms with Crippen molar-refractivity contribution in [3.63, 3.8) is 0 Å². The number of rotatable bonds is 2. The predicted octanol–water partition coefficient (Wildman–Crippen LogP) is 1.72. The van der Waals surface area contributed by atoms with Crippen LogP contribution in [0.2, 0.25) is 0 Å². The zero-order chi connectivity index (χ0) is 13.2. The van der Waals surface area contributed by atoms with Crippen molar-refractivity contribution in [1.82, 2.24) is 15.4 Å². The monoisotopic (exact) mass is 253 g/mol. The van der Waals surface area contributed by atoms with Crippen LogP contribution in [0, 0.1) is 0 Å². The van der Waals surface area contributed by atoms with Crippen LogP contribution in [0.5, 0.6) is 0 Å². The summed E-state index contributed by atoms with van der Waals surface area (Å²) in [6.45, 7) is 0. The van der Waals surface area contributed by atoms with Gasteiger partial charge in [-0.05, 0) is 12.1 Å². The summed E-state index contributed by atoms with van der Waals surface area (Å²) >= 11 is 0. The highest BCUT2D eigenvalue weighted by atomic mass is 16.2. The number of amides is 2. The average Bonchev–Trinajstić information content (AvgIpc) is 2.76. The summed E-state index contributed by atoms with van der Waals surface area (Å²) in [5.74, 6) is 0. The number of nitrogens with two attached hydrogens (primary N) is 1. The summed E-state index contributed by atoms with van der Waals surface area (Å²) in [4.78, 5) is 18.0. The third-order valence-electron chi connectivity index (χ3n) is 2.78. The Morgan fingerprint density at radius 1 is 1.32 bits per heavy atom. The van der Waals surface area contributed by atoms with Crippen LogP contribution in [0.3, 0.4) is 0 Å². The second-order valence-corrected chi connectivity index (χ2v) is 4.06. The molecule has 1 aromatic carbocycles. The smallest absolute Gasteiger partial charge is 0.332 e. The van der Waals surface area contributed by atoms with Crippen molar-refractivity contribution < 1.29 is 4.79 Å². The lowest BCUT2D eigenvalue weighted by atomic mass is 10.2. The summed E-state index contributed by atoms with van der Waals surface area (Å²) < 4.78 is 0. The Balaban J connectivity index is 2.06. The van der Waals surface area contributed by atoms with Gasteiger partial charge in [0, 0.05) is 16.3 Å². The number of aromatic nitrogens is 2. The molecule has 0 bridgehead atoms. The van der Waals surface area contributed by atoms with E-state index in [-0.39, 0.29) is 0 Å². The number of nitrogens with zero attached hydrogens (tertiary/aromatic N) is 2. The first-order valence-electron chi connectivity index (χ1n) is 5.69. The zero-order valence-electron chi connectivity index (χ0n) is 9.92. The number of urea groups is 1. The Morgan fingerprint density at radius 2 is 2.16 bits per heavy atom. The highest BCUT2D eigenvalue weighted by Gasteiger charge is 2.04. The van der Waals surface area contributed by atoms with Crippen molar-refractivity contribution in [2.45, 2.75) is 0 Å². The third-order valence-corrected chi connectivity index (χ3v) is 2.78. The van der Waals surface area contributed by atoms with E-state index in [2.05, 4.69) is 20.5 Å². The lowest BCUT2D eigenvalue weighted by molar-refractivity contribution is 0.249. The Morgan fingerprint density at radius 3 is 3.00 bits per heavy atom. The highest BCUT2D eigenvalue weighted by Crippen LogP contribution is 2.24. The van der Waals surface area contributed by atoms with Crippen LogP contribution in [-0.4, -0.2) is 22.2 Å². The molecule has 6 heteroatoms. The van der Waals surface area contributed by atoms with Crippen LogP contribution >= 0.6 is 0 Å². The molecule has 4 N–H and O–H groups in total. The van der Waals surface area contributed by atoms with Crippen molar-refractivity contribution >= 4 is 34.1 Å². The molecule has 0 aliphatic heterocycles. The summed E-state index contributed by atoms with van der Waals surface area (Å²) in [7, 11) is 0. The molecule has 2 heterocycles. The molecule has 2 amide bonds. The van der Waals surface area contributed by atoms with Gasteiger partial charge in [-0.15, -0.1) is 0 Å². The first kappa shape index (κ1) is 11.2. The number of pyridine rings is 1. The summed E-state index contributed by atoms with van der Waals surface area (Å²) in [6.07, 6.45) is 3.19. The fourth-order valence-electron chi connectivity index (χ4n) is 2.00. The average molecular weight is 253 g/mol. The SMILES string of the molecule is NC(=O)N/N=C/c1cc2c(cn1)[nH]c1ccccc12. The second-order valence-electron chi connectivity index (χ2n) is 4.06. The van der Waals surface area contributed by atoms with E-state index >= 15 is 0 Å². The van der Waals surface area contributed by atoms with E-state index in [4.69, 9.17) is 5.73 Å². The standard InChI is InChI=1S/C13H11N5O/c14-13(19)18-16-6-8-5-10-9-3-1-2-4-11(9)17-12(10)7-15-8/h1-7,17H,(H3,14,18,19)/b16-6+. The molecule has 0 unspecified atom stereocenters. The molecule has 2 aromatic heterocycles. The minimum absolute atomic E-state index is 0.644. The molecule has 3 aromatic rings. The Labute approximate surface area is 108 Å². The van der Waals surface area contributed by atoms with Gasteiger partial charge in [-0.25, -0.2) is 10.2 Å². The maximum absolute atomic E-state index is 10.5. The first-order valence-corrected chi connectivity index (χ1v) is 5.69. The van der Waals surface area contributed by atoms with Crippen molar-refractivity contribution in [1.29, 1.82) is 0 Å². The van der Waals surface area contributed by atoms with E-state index in [0.29, 0.717) is 5.69 Å². The number of benzene rings is 1. The molecule has 0 spiro atoms. The van der Waals surface area contributed by atoms with E-state index in [9.17, 15) is 4.79 Å². The molecule has 3 rings (SSSR count). The number of H-pyrrole nitrogens is 1. The van der Waals surface area contributed by atoms with Gasteiger partial charge >= 0.3 is 6.03 Å². The number of carbonyl (C=O) groups is 1. The number of hydrogen-bond donors (Lipinski definition) is 3. The van der Waals surface area contributed by atoms with Crippen LogP contribution in [0.1, 0.15) is 5.69 Å². The number of fused-ring (bicyclic) bond motifs is 3. The molecule has 0 atom stereocenters. The van der Waals surface area contributed by atoms with Crippen LogP contribution in [0.4, 0.5) is 4.79 Å².